The summed E-state index contributed by atoms with van der Waals surface area (Å²) in [5, 5.41) is 17.1. The van der Waals surface area contributed by atoms with Gasteiger partial charge in [0.15, 0.2) is 0 Å². The molecule has 0 saturated carbocycles. The molecule has 0 bridgehead atoms. The van der Waals surface area contributed by atoms with E-state index in [9.17, 15) is 10.1 Å². The highest BCUT2D eigenvalue weighted by Gasteiger charge is 2.26. The van der Waals surface area contributed by atoms with Gasteiger partial charge in [0.1, 0.15) is 0 Å². The highest BCUT2D eigenvalue weighted by atomic mass is 16.6. The van der Waals surface area contributed by atoms with Crippen LogP contribution in [0.15, 0.2) is 0 Å². The maximum Gasteiger partial charge on any atom is 0.392 e. The highest BCUT2D eigenvalue weighted by molar-refractivity contribution is 5.53. The van der Waals surface area contributed by atoms with Crippen LogP contribution in [-0.4, -0.2) is 48.2 Å². The second kappa shape index (κ2) is 7.43. The molecule has 2 N–H and O–H groups in total. The molecule has 0 atom stereocenters. The van der Waals surface area contributed by atoms with E-state index in [1.54, 1.807) is 0 Å². The zero-order valence-electron chi connectivity index (χ0n) is 12.0. The average Bonchev–Trinajstić information content (AvgIpc) is 2.41. The average molecular weight is 285 g/mol. The van der Waals surface area contributed by atoms with Gasteiger partial charge in [-0.2, -0.15) is 9.97 Å². The van der Waals surface area contributed by atoms with Gasteiger partial charge in [0.05, 0.1) is 19.1 Å². The van der Waals surface area contributed by atoms with Crippen molar-refractivity contribution in [3.05, 3.63) is 10.1 Å². The van der Waals surface area contributed by atoms with Gasteiger partial charge in [0.25, 0.3) is 0 Å². The molecule has 0 unspecified atom stereocenters. The van der Waals surface area contributed by atoms with Crippen molar-refractivity contribution in [3.63, 3.8) is 0 Å². The fourth-order valence-corrected chi connectivity index (χ4v) is 1.47. The maximum absolute atomic E-state index is 10.9. The first-order chi connectivity index (χ1) is 9.49. The van der Waals surface area contributed by atoms with E-state index in [0.29, 0.717) is 19.1 Å². The standard InChI is InChI=1S/C11H19N5O4/c1-7(2)12-5-6-13-11-14-9(19-3)8(16(17)18)10(15-11)20-4/h7,12H,5-6H2,1-4H3,(H,13,14,15). The third kappa shape index (κ3) is 4.19. The third-order valence-electron chi connectivity index (χ3n) is 2.35. The van der Waals surface area contributed by atoms with Crippen LogP contribution in [0.5, 0.6) is 11.8 Å². The van der Waals surface area contributed by atoms with Gasteiger partial charge in [0, 0.05) is 19.1 Å². The molecule has 1 aromatic rings. The largest absolute Gasteiger partial charge is 0.476 e. The Kier molecular flexibility index (Phi) is 5.91. The molecule has 20 heavy (non-hydrogen) atoms. The molecular formula is C11H19N5O4. The normalized spacial score (nSPS) is 10.4. The van der Waals surface area contributed by atoms with Crippen molar-refractivity contribution in [1.29, 1.82) is 0 Å². The van der Waals surface area contributed by atoms with Crippen molar-refractivity contribution >= 4 is 11.6 Å². The quantitative estimate of drug-likeness (QED) is 0.410. The number of methoxy groups -OCH3 is 2. The lowest BCUT2D eigenvalue weighted by atomic mass is 10.4. The Morgan fingerprint density at radius 3 is 2.15 bits per heavy atom. The Hall–Kier alpha value is -2.16. The number of aromatic nitrogens is 2. The third-order valence-corrected chi connectivity index (χ3v) is 2.35. The summed E-state index contributed by atoms with van der Waals surface area (Å²) in [6.45, 7) is 5.35. The van der Waals surface area contributed by atoms with Crippen molar-refractivity contribution in [3.8, 4) is 11.8 Å². The van der Waals surface area contributed by atoms with Gasteiger partial charge in [-0.25, -0.2) is 0 Å². The zero-order valence-corrected chi connectivity index (χ0v) is 12.0. The molecule has 0 aromatic carbocycles. The molecule has 0 saturated heterocycles. The van der Waals surface area contributed by atoms with E-state index >= 15 is 0 Å². The van der Waals surface area contributed by atoms with Gasteiger partial charge in [-0.15, -0.1) is 0 Å². The lowest BCUT2D eigenvalue weighted by molar-refractivity contribution is -0.387. The number of nitrogens with zero attached hydrogens (tertiary/aromatic N) is 3. The van der Waals surface area contributed by atoms with Crippen LogP contribution in [0, 0.1) is 10.1 Å². The van der Waals surface area contributed by atoms with E-state index in [-0.39, 0.29) is 23.4 Å². The number of hydrogen-bond donors (Lipinski definition) is 2. The predicted octanol–water partition coefficient (Wildman–Crippen LogP) is 0.812. The topological polar surface area (TPSA) is 111 Å². The summed E-state index contributed by atoms with van der Waals surface area (Å²) in [5.74, 6) is -0.0582. The predicted molar refractivity (Wildman–Crippen MR) is 73.4 cm³/mol. The van der Waals surface area contributed by atoms with Crippen LogP contribution < -0.4 is 20.1 Å². The van der Waals surface area contributed by atoms with E-state index in [1.165, 1.54) is 14.2 Å². The Balaban J connectivity index is 2.85. The van der Waals surface area contributed by atoms with Gasteiger partial charge >= 0.3 is 17.4 Å². The molecular weight excluding hydrogens is 266 g/mol. The number of rotatable bonds is 8. The summed E-state index contributed by atoms with van der Waals surface area (Å²) < 4.78 is 9.81. The number of hydrogen-bond acceptors (Lipinski definition) is 8. The number of anilines is 1. The molecule has 1 heterocycles. The van der Waals surface area contributed by atoms with E-state index < -0.39 is 4.92 Å². The van der Waals surface area contributed by atoms with Crippen molar-refractivity contribution in [2.45, 2.75) is 19.9 Å². The summed E-state index contributed by atoms with van der Waals surface area (Å²) in [5.41, 5.74) is -0.388. The van der Waals surface area contributed by atoms with E-state index in [0.717, 1.165) is 0 Å². The Morgan fingerprint density at radius 2 is 1.75 bits per heavy atom. The minimum absolute atomic E-state index is 0.138. The maximum atomic E-state index is 10.9. The molecule has 0 radical (unpaired) electrons. The number of nitrogens with one attached hydrogen (secondary N) is 2. The first kappa shape index (κ1) is 15.9. The van der Waals surface area contributed by atoms with Crippen LogP contribution in [0.4, 0.5) is 11.6 Å². The van der Waals surface area contributed by atoms with Crippen molar-refractivity contribution < 1.29 is 14.4 Å². The summed E-state index contributed by atoms with van der Waals surface area (Å²) in [7, 11) is 2.61. The molecule has 0 aliphatic heterocycles. The molecule has 1 aromatic heterocycles. The molecule has 9 nitrogen and oxygen atoms in total. The van der Waals surface area contributed by atoms with Crippen molar-refractivity contribution in [2.75, 3.05) is 32.6 Å². The van der Waals surface area contributed by atoms with Gasteiger partial charge < -0.3 is 20.1 Å². The van der Waals surface area contributed by atoms with E-state index in [2.05, 4.69) is 20.6 Å². The molecule has 112 valence electrons. The van der Waals surface area contributed by atoms with Gasteiger partial charge in [-0.3, -0.25) is 10.1 Å². The van der Waals surface area contributed by atoms with Gasteiger partial charge in [0.2, 0.25) is 5.95 Å². The SMILES string of the molecule is COc1nc(NCCNC(C)C)nc(OC)c1[N+](=O)[O-]. The minimum atomic E-state index is -0.637. The summed E-state index contributed by atoms with van der Waals surface area (Å²) in [6, 6.07) is 0.374. The molecule has 1 rings (SSSR count). The monoisotopic (exact) mass is 285 g/mol. The Bertz CT molecular complexity index is 441. The summed E-state index contributed by atoms with van der Waals surface area (Å²) >= 11 is 0. The van der Waals surface area contributed by atoms with E-state index in [1.807, 2.05) is 13.8 Å². The molecule has 0 spiro atoms. The number of nitro groups is 1. The van der Waals surface area contributed by atoms with Crippen molar-refractivity contribution in [2.24, 2.45) is 0 Å². The van der Waals surface area contributed by atoms with Gasteiger partial charge in [-0.05, 0) is 0 Å². The first-order valence-electron chi connectivity index (χ1n) is 6.11. The minimum Gasteiger partial charge on any atom is -0.476 e. The fourth-order valence-electron chi connectivity index (χ4n) is 1.47. The van der Waals surface area contributed by atoms with Crippen LogP contribution in [0.1, 0.15) is 13.8 Å². The summed E-state index contributed by atoms with van der Waals surface area (Å²) in [4.78, 5) is 18.2. The van der Waals surface area contributed by atoms with Gasteiger partial charge in [-0.1, -0.05) is 13.8 Å². The lowest BCUT2D eigenvalue weighted by Gasteiger charge is -2.10. The molecule has 0 aliphatic carbocycles. The van der Waals surface area contributed by atoms with Crippen LogP contribution in [0.3, 0.4) is 0 Å². The van der Waals surface area contributed by atoms with Crippen LogP contribution in [0.2, 0.25) is 0 Å². The molecule has 0 fully saturated rings. The Labute approximate surface area is 116 Å². The second-order valence-electron chi connectivity index (χ2n) is 4.21. The molecule has 0 amide bonds. The number of ether oxygens (including phenoxy) is 2. The smallest absolute Gasteiger partial charge is 0.392 e. The molecule has 0 aliphatic rings. The fraction of sp³-hybridized carbons (Fsp3) is 0.636. The first-order valence-corrected chi connectivity index (χ1v) is 6.11. The van der Waals surface area contributed by atoms with E-state index in [4.69, 9.17) is 9.47 Å². The van der Waals surface area contributed by atoms with Crippen LogP contribution in [0.25, 0.3) is 0 Å². The highest BCUT2D eigenvalue weighted by Crippen LogP contribution is 2.34. The van der Waals surface area contributed by atoms with Crippen LogP contribution in [-0.2, 0) is 0 Å². The summed E-state index contributed by atoms with van der Waals surface area (Å²) in [6.07, 6.45) is 0. The second-order valence-corrected chi connectivity index (χ2v) is 4.21. The zero-order chi connectivity index (χ0) is 15.1. The lowest BCUT2D eigenvalue weighted by Crippen LogP contribution is -2.28. The van der Waals surface area contributed by atoms with Crippen LogP contribution >= 0.6 is 0 Å². The molecule has 9 heteroatoms. The van der Waals surface area contributed by atoms with Crippen molar-refractivity contribution in [1.82, 2.24) is 15.3 Å². The Morgan fingerprint density at radius 1 is 1.20 bits per heavy atom.